The van der Waals surface area contributed by atoms with Gasteiger partial charge in [0.25, 0.3) is 0 Å². The number of para-hydroxylation sites is 1. The van der Waals surface area contributed by atoms with Crippen LogP contribution in [-0.2, 0) is 0 Å². The molecule has 0 bridgehead atoms. The number of methoxy groups -OCH3 is 1. The molecule has 3 rings (SSSR count). The fraction of sp³-hybridized carbons (Fsp3) is 0.389. The molecule has 2 aromatic rings. The number of hydrogen-bond donors (Lipinski definition) is 1. The highest BCUT2D eigenvalue weighted by molar-refractivity contribution is 6.34. The van der Waals surface area contributed by atoms with Crippen LogP contribution in [0.4, 0.5) is 22.1 Å². The van der Waals surface area contributed by atoms with Crippen molar-refractivity contribution in [1.82, 2.24) is 14.9 Å². The molecule has 1 N–H and O–H groups in total. The molecule has 1 aromatic carbocycles. The van der Waals surface area contributed by atoms with Gasteiger partial charge in [-0.15, -0.1) is 0 Å². The molecular weight excluding hydrogens is 368 g/mol. The Hall–Kier alpha value is -2.74. The molecule has 27 heavy (non-hydrogen) atoms. The van der Waals surface area contributed by atoms with E-state index >= 15 is 0 Å². The summed E-state index contributed by atoms with van der Waals surface area (Å²) < 4.78 is 5.14. The Labute approximate surface area is 163 Å². The molecular formula is C18H23ClN6O2. The third kappa shape index (κ3) is 4.33. The molecule has 2 amide bonds. The SMILES string of the molecule is COc1ccnc(N2CCN(C(=O)Nc3cccc(Cl)c3N(C)C)CC2)n1. The van der Waals surface area contributed by atoms with Gasteiger partial charge in [-0.3, -0.25) is 0 Å². The van der Waals surface area contributed by atoms with Crippen molar-refractivity contribution in [2.45, 2.75) is 0 Å². The Morgan fingerprint density at radius 3 is 2.63 bits per heavy atom. The number of rotatable bonds is 4. The van der Waals surface area contributed by atoms with Crippen molar-refractivity contribution in [3.05, 3.63) is 35.5 Å². The van der Waals surface area contributed by atoms with Crippen molar-refractivity contribution >= 4 is 35.0 Å². The van der Waals surface area contributed by atoms with Crippen LogP contribution in [0.15, 0.2) is 30.5 Å². The molecule has 2 heterocycles. The number of benzene rings is 1. The van der Waals surface area contributed by atoms with Gasteiger partial charge < -0.3 is 24.8 Å². The first-order chi connectivity index (χ1) is 13.0. The maximum absolute atomic E-state index is 12.7. The van der Waals surface area contributed by atoms with Crippen molar-refractivity contribution in [3.8, 4) is 5.88 Å². The Morgan fingerprint density at radius 2 is 1.96 bits per heavy atom. The van der Waals surface area contributed by atoms with E-state index in [1.165, 1.54) is 0 Å². The Balaban J connectivity index is 1.63. The zero-order valence-electron chi connectivity index (χ0n) is 15.6. The zero-order chi connectivity index (χ0) is 19.4. The van der Waals surface area contributed by atoms with Crippen LogP contribution in [0.5, 0.6) is 5.88 Å². The molecule has 0 spiro atoms. The number of carbonyl (C=O) groups excluding carboxylic acids is 1. The maximum Gasteiger partial charge on any atom is 0.322 e. The number of amides is 2. The minimum absolute atomic E-state index is 0.147. The smallest absolute Gasteiger partial charge is 0.322 e. The van der Waals surface area contributed by atoms with E-state index in [2.05, 4.69) is 15.3 Å². The first kappa shape index (κ1) is 19.0. The summed E-state index contributed by atoms with van der Waals surface area (Å²) >= 11 is 6.27. The number of aromatic nitrogens is 2. The number of carbonyl (C=O) groups is 1. The van der Waals surface area contributed by atoms with Crippen LogP contribution in [0.2, 0.25) is 5.02 Å². The van der Waals surface area contributed by atoms with Gasteiger partial charge in [0.1, 0.15) is 0 Å². The standard InChI is InChI=1S/C18H23ClN6O2/c1-23(2)16-13(19)5-4-6-14(16)21-18(26)25-11-9-24(10-12-25)17-20-8-7-15(22-17)27-3/h4-8H,9-12H2,1-3H3,(H,21,26). The first-order valence-corrected chi connectivity index (χ1v) is 9.01. The summed E-state index contributed by atoms with van der Waals surface area (Å²) in [7, 11) is 5.36. The summed E-state index contributed by atoms with van der Waals surface area (Å²) in [6.07, 6.45) is 1.67. The molecule has 144 valence electrons. The van der Waals surface area contributed by atoms with Crippen LogP contribution in [0.1, 0.15) is 0 Å². The van der Waals surface area contributed by atoms with Gasteiger partial charge in [-0.05, 0) is 12.1 Å². The largest absolute Gasteiger partial charge is 0.481 e. The highest BCUT2D eigenvalue weighted by Gasteiger charge is 2.24. The van der Waals surface area contributed by atoms with Crippen molar-refractivity contribution in [2.24, 2.45) is 0 Å². The molecule has 0 radical (unpaired) electrons. The van der Waals surface area contributed by atoms with E-state index < -0.39 is 0 Å². The monoisotopic (exact) mass is 390 g/mol. The van der Waals surface area contributed by atoms with Gasteiger partial charge in [0.2, 0.25) is 11.8 Å². The molecule has 1 saturated heterocycles. The van der Waals surface area contributed by atoms with Gasteiger partial charge in [-0.1, -0.05) is 17.7 Å². The Bertz CT molecular complexity index is 808. The molecule has 0 saturated carbocycles. The van der Waals surface area contributed by atoms with E-state index in [9.17, 15) is 4.79 Å². The van der Waals surface area contributed by atoms with E-state index in [1.54, 1.807) is 30.3 Å². The number of hydrogen-bond acceptors (Lipinski definition) is 6. The van der Waals surface area contributed by atoms with Crippen LogP contribution in [0, 0.1) is 0 Å². The minimum Gasteiger partial charge on any atom is -0.481 e. The number of nitrogens with one attached hydrogen (secondary N) is 1. The summed E-state index contributed by atoms with van der Waals surface area (Å²) in [5.74, 6) is 1.14. The Morgan fingerprint density at radius 1 is 1.22 bits per heavy atom. The lowest BCUT2D eigenvalue weighted by Gasteiger charge is -2.35. The quantitative estimate of drug-likeness (QED) is 0.864. The van der Waals surface area contributed by atoms with Gasteiger partial charge in [0.05, 0.1) is 23.5 Å². The number of anilines is 3. The fourth-order valence-electron chi connectivity index (χ4n) is 2.97. The number of piperazine rings is 1. The van der Waals surface area contributed by atoms with Gasteiger partial charge in [0, 0.05) is 52.5 Å². The summed E-state index contributed by atoms with van der Waals surface area (Å²) in [5.41, 5.74) is 1.48. The van der Waals surface area contributed by atoms with E-state index in [1.807, 2.05) is 36.0 Å². The predicted octanol–water partition coefficient (Wildman–Crippen LogP) is 2.56. The van der Waals surface area contributed by atoms with Crippen LogP contribution in [0.25, 0.3) is 0 Å². The van der Waals surface area contributed by atoms with Crippen LogP contribution < -0.4 is 19.9 Å². The Kier molecular flexibility index (Phi) is 5.85. The van der Waals surface area contributed by atoms with Gasteiger partial charge in [-0.2, -0.15) is 4.98 Å². The topological polar surface area (TPSA) is 73.8 Å². The fourth-order valence-corrected chi connectivity index (χ4v) is 3.32. The zero-order valence-corrected chi connectivity index (χ0v) is 16.4. The second-order valence-electron chi connectivity index (χ2n) is 6.33. The number of halogens is 1. The number of nitrogens with zero attached hydrogens (tertiary/aromatic N) is 5. The van der Waals surface area contributed by atoms with Gasteiger partial charge >= 0.3 is 6.03 Å². The molecule has 1 aromatic heterocycles. The van der Waals surface area contributed by atoms with Crippen molar-refractivity contribution in [2.75, 3.05) is 62.5 Å². The lowest BCUT2D eigenvalue weighted by Crippen LogP contribution is -2.50. The first-order valence-electron chi connectivity index (χ1n) is 8.63. The molecule has 0 atom stereocenters. The van der Waals surface area contributed by atoms with Crippen molar-refractivity contribution < 1.29 is 9.53 Å². The molecule has 1 fully saturated rings. The molecule has 1 aliphatic heterocycles. The summed E-state index contributed by atoms with van der Waals surface area (Å²) in [4.78, 5) is 27.0. The van der Waals surface area contributed by atoms with E-state index in [4.69, 9.17) is 16.3 Å². The van der Waals surface area contributed by atoms with Gasteiger partial charge in [0.15, 0.2) is 0 Å². The predicted molar refractivity (Wildman–Crippen MR) is 107 cm³/mol. The summed E-state index contributed by atoms with van der Waals surface area (Å²) in [6.45, 7) is 2.45. The van der Waals surface area contributed by atoms with Crippen molar-refractivity contribution in [1.29, 1.82) is 0 Å². The van der Waals surface area contributed by atoms with Crippen molar-refractivity contribution in [3.63, 3.8) is 0 Å². The summed E-state index contributed by atoms with van der Waals surface area (Å²) in [6, 6.07) is 7.04. The van der Waals surface area contributed by atoms with E-state index in [-0.39, 0.29) is 6.03 Å². The van der Waals surface area contributed by atoms with Crippen LogP contribution in [0.3, 0.4) is 0 Å². The lowest BCUT2D eigenvalue weighted by atomic mass is 10.2. The average molecular weight is 391 g/mol. The lowest BCUT2D eigenvalue weighted by molar-refractivity contribution is 0.208. The maximum atomic E-state index is 12.7. The highest BCUT2D eigenvalue weighted by Crippen LogP contribution is 2.32. The third-order valence-corrected chi connectivity index (χ3v) is 4.66. The highest BCUT2D eigenvalue weighted by atomic mass is 35.5. The molecule has 0 aliphatic carbocycles. The number of urea groups is 1. The normalized spacial score (nSPS) is 14.1. The second-order valence-corrected chi connectivity index (χ2v) is 6.74. The second kappa shape index (κ2) is 8.30. The van der Waals surface area contributed by atoms with Gasteiger partial charge in [-0.25, -0.2) is 9.78 Å². The summed E-state index contributed by atoms with van der Waals surface area (Å²) in [5, 5.41) is 3.56. The molecule has 1 aliphatic rings. The average Bonchev–Trinajstić information content (AvgIpc) is 2.68. The van der Waals surface area contributed by atoms with Crippen LogP contribution >= 0.6 is 11.6 Å². The minimum atomic E-state index is -0.147. The molecule has 9 heteroatoms. The molecule has 8 nitrogen and oxygen atoms in total. The molecule has 0 unspecified atom stereocenters. The van der Waals surface area contributed by atoms with E-state index in [0.29, 0.717) is 48.7 Å². The van der Waals surface area contributed by atoms with Crippen LogP contribution in [-0.4, -0.2) is 68.3 Å². The van der Waals surface area contributed by atoms with E-state index in [0.717, 1.165) is 5.69 Å². The number of ether oxygens (including phenoxy) is 1. The third-order valence-electron chi connectivity index (χ3n) is 4.35.